The summed E-state index contributed by atoms with van der Waals surface area (Å²) in [7, 11) is 0. The first-order chi connectivity index (χ1) is 5.40. The molecule has 1 aromatic carbocycles. The van der Waals surface area contributed by atoms with Gasteiger partial charge in [-0.1, -0.05) is 24.1 Å². The van der Waals surface area contributed by atoms with Crippen molar-refractivity contribution in [3.63, 3.8) is 0 Å². The highest BCUT2D eigenvalue weighted by Crippen LogP contribution is 2.23. The van der Waals surface area contributed by atoms with Gasteiger partial charge in [-0.25, -0.2) is 0 Å². The zero-order valence-corrected chi connectivity index (χ0v) is 6.69. The molecule has 0 radical (unpaired) electrons. The van der Waals surface area contributed by atoms with E-state index >= 15 is 0 Å². The highest BCUT2D eigenvalue weighted by molar-refractivity contribution is 7.19. The molecule has 52 valence electrons. The molecular formula is C10H6S. The highest BCUT2D eigenvalue weighted by Gasteiger charge is 1.95. The van der Waals surface area contributed by atoms with E-state index in [0.717, 1.165) is 4.88 Å². The zero-order chi connectivity index (χ0) is 7.68. The molecule has 0 N–H and O–H groups in total. The van der Waals surface area contributed by atoms with Crippen molar-refractivity contribution in [2.45, 2.75) is 0 Å². The maximum Gasteiger partial charge on any atom is 0.0778 e. The molecule has 0 saturated heterocycles. The highest BCUT2D eigenvalue weighted by atomic mass is 32.1. The van der Waals surface area contributed by atoms with Crippen LogP contribution in [0.2, 0.25) is 0 Å². The number of rotatable bonds is 0. The summed E-state index contributed by atoms with van der Waals surface area (Å²) >= 11 is 1.66. The van der Waals surface area contributed by atoms with Crippen molar-refractivity contribution in [1.82, 2.24) is 0 Å². The molecular weight excluding hydrogens is 152 g/mol. The van der Waals surface area contributed by atoms with Crippen molar-refractivity contribution < 1.29 is 0 Å². The second-order valence-electron chi connectivity index (χ2n) is 2.29. The Morgan fingerprint density at radius 1 is 1.27 bits per heavy atom. The van der Waals surface area contributed by atoms with Crippen molar-refractivity contribution >= 4 is 21.4 Å². The number of benzene rings is 1. The van der Waals surface area contributed by atoms with Gasteiger partial charge in [-0.3, -0.25) is 0 Å². The summed E-state index contributed by atoms with van der Waals surface area (Å²) in [6.07, 6.45) is 5.27. The van der Waals surface area contributed by atoms with E-state index in [2.05, 4.69) is 18.1 Å². The molecule has 0 spiro atoms. The normalized spacial score (nSPS) is 9.73. The monoisotopic (exact) mass is 158 g/mol. The third kappa shape index (κ3) is 1.02. The predicted molar refractivity (Wildman–Crippen MR) is 49.8 cm³/mol. The van der Waals surface area contributed by atoms with Gasteiger partial charge in [0.05, 0.1) is 4.88 Å². The fourth-order valence-electron chi connectivity index (χ4n) is 1.05. The first-order valence-electron chi connectivity index (χ1n) is 3.35. The van der Waals surface area contributed by atoms with E-state index < -0.39 is 0 Å². The lowest BCUT2D eigenvalue weighted by Gasteiger charge is -1.82. The minimum absolute atomic E-state index is 1.01. The minimum Gasteiger partial charge on any atom is -0.127 e. The van der Waals surface area contributed by atoms with Gasteiger partial charge in [0, 0.05) is 4.70 Å². The Bertz CT molecular complexity index is 385. The standard InChI is InChI=1S/C10H6S/c1-2-9-7-8-5-3-4-6-10(8)11-9/h1,3-7H. The van der Waals surface area contributed by atoms with Crippen LogP contribution in [0.15, 0.2) is 30.3 Å². The second kappa shape index (κ2) is 2.41. The number of thiophene rings is 1. The van der Waals surface area contributed by atoms with Crippen LogP contribution < -0.4 is 0 Å². The molecule has 1 heterocycles. The maximum absolute atomic E-state index is 5.27. The van der Waals surface area contributed by atoms with Crippen LogP contribution in [0.3, 0.4) is 0 Å². The molecule has 0 bridgehead atoms. The molecule has 0 fully saturated rings. The zero-order valence-electron chi connectivity index (χ0n) is 5.87. The van der Waals surface area contributed by atoms with Gasteiger partial charge >= 0.3 is 0 Å². The Morgan fingerprint density at radius 2 is 2.09 bits per heavy atom. The number of terminal acetylenes is 1. The third-order valence-corrected chi connectivity index (χ3v) is 2.62. The fourth-order valence-corrected chi connectivity index (χ4v) is 1.93. The summed E-state index contributed by atoms with van der Waals surface area (Å²) in [5.41, 5.74) is 0. The molecule has 1 heteroatoms. The van der Waals surface area contributed by atoms with Gasteiger partial charge in [0.25, 0.3) is 0 Å². The molecule has 0 unspecified atom stereocenters. The quantitative estimate of drug-likeness (QED) is 0.517. The van der Waals surface area contributed by atoms with Gasteiger partial charge in [-0.05, 0) is 17.5 Å². The van der Waals surface area contributed by atoms with Crippen molar-refractivity contribution in [2.75, 3.05) is 0 Å². The van der Waals surface area contributed by atoms with Crippen molar-refractivity contribution in [3.8, 4) is 12.3 Å². The van der Waals surface area contributed by atoms with Crippen LogP contribution in [0.1, 0.15) is 4.88 Å². The molecule has 0 nitrogen and oxygen atoms in total. The Labute approximate surface area is 69.5 Å². The lowest BCUT2D eigenvalue weighted by atomic mass is 10.2. The molecule has 0 saturated carbocycles. The molecule has 1 aromatic heterocycles. The summed E-state index contributed by atoms with van der Waals surface area (Å²) in [6.45, 7) is 0. The van der Waals surface area contributed by atoms with Gasteiger partial charge in [-0.15, -0.1) is 17.8 Å². The van der Waals surface area contributed by atoms with Crippen LogP contribution in [0, 0.1) is 12.3 Å². The lowest BCUT2D eigenvalue weighted by molar-refractivity contribution is 1.85. The largest absolute Gasteiger partial charge is 0.127 e. The van der Waals surface area contributed by atoms with Gasteiger partial charge in [0.1, 0.15) is 0 Å². The van der Waals surface area contributed by atoms with E-state index in [9.17, 15) is 0 Å². The number of hydrogen-bond acceptors (Lipinski definition) is 1. The first kappa shape index (κ1) is 6.45. The first-order valence-corrected chi connectivity index (χ1v) is 4.17. The van der Waals surface area contributed by atoms with E-state index in [-0.39, 0.29) is 0 Å². The summed E-state index contributed by atoms with van der Waals surface area (Å²) < 4.78 is 1.26. The van der Waals surface area contributed by atoms with Crippen molar-refractivity contribution in [1.29, 1.82) is 0 Å². The van der Waals surface area contributed by atoms with Crippen LogP contribution in [0.5, 0.6) is 0 Å². The smallest absolute Gasteiger partial charge is 0.0778 e. The Balaban J connectivity index is 2.81. The lowest BCUT2D eigenvalue weighted by Crippen LogP contribution is -1.57. The van der Waals surface area contributed by atoms with Gasteiger partial charge < -0.3 is 0 Å². The van der Waals surface area contributed by atoms with Gasteiger partial charge in [0.15, 0.2) is 0 Å². The Morgan fingerprint density at radius 3 is 2.82 bits per heavy atom. The van der Waals surface area contributed by atoms with E-state index in [1.54, 1.807) is 11.3 Å². The summed E-state index contributed by atoms with van der Waals surface area (Å²) in [6, 6.07) is 10.3. The predicted octanol–water partition coefficient (Wildman–Crippen LogP) is 2.88. The number of hydrogen-bond donors (Lipinski definition) is 0. The molecule has 0 aliphatic heterocycles. The van der Waals surface area contributed by atoms with E-state index in [1.807, 2.05) is 18.2 Å². The molecule has 2 aromatic rings. The summed E-state index contributed by atoms with van der Waals surface area (Å²) in [4.78, 5) is 1.01. The summed E-state index contributed by atoms with van der Waals surface area (Å²) in [5.74, 6) is 2.63. The number of fused-ring (bicyclic) bond motifs is 1. The molecule has 2 rings (SSSR count). The minimum atomic E-state index is 1.01. The fraction of sp³-hybridized carbons (Fsp3) is 0. The molecule has 0 aliphatic carbocycles. The maximum atomic E-state index is 5.27. The third-order valence-electron chi connectivity index (χ3n) is 1.57. The van der Waals surface area contributed by atoms with Crippen LogP contribution in [0.4, 0.5) is 0 Å². The van der Waals surface area contributed by atoms with Crippen LogP contribution >= 0.6 is 11.3 Å². The van der Waals surface area contributed by atoms with Gasteiger partial charge in [0.2, 0.25) is 0 Å². The SMILES string of the molecule is C#Cc1cc2ccccc2s1. The molecule has 0 aliphatic rings. The van der Waals surface area contributed by atoms with E-state index in [4.69, 9.17) is 6.42 Å². The Hall–Kier alpha value is -1.26. The summed E-state index contributed by atoms with van der Waals surface area (Å²) in [5, 5.41) is 1.24. The van der Waals surface area contributed by atoms with Crippen molar-refractivity contribution in [3.05, 3.63) is 35.2 Å². The average molecular weight is 158 g/mol. The molecule has 0 atom stereocenters. The van der Waals surface area contributed by atoms with E-state index in [0.29, 0.717) is 0 Å². The van der Waals surface area contributed by atoms with Crippen LogP contribution in [-0.2, 0) is 0 Å². The Kier molecular flexibility index (Phi) is 1.41. The molecule has 11 heavy (non-hydrogen) atoms. The van der Waals surface area contributed by atoms with Gasteiger partial charge in [-0.2, -0.15) is 0 Å². The second-order valence-corrected chi connectivity index (χ2v) is 3.38. The van der Waals surface area contributed by atoms with Crippen molar-refractivity contribution in [2.24, 2.45) is 0 Å². The van der Waals surface area contributed by atoms with Crippen LogP contribution in [-0.4, -0.2) is 0 Å². The average Bonchev–Trinajstić information content (AvgIpc) is 2.46. The topological polar surface area (TPSA) is 0 Å². The molecule has 0 amide bonds. The van der Waals surface area contributed by atoms with E-state index in [1.165, 1.54) is 10.1 Å². The van der Waals surface area contributed by atoms with Crippen LogP contribution in [0.25, 0.3) is 10.1 Å².